The monoisotopic (exact) mass is 373 g/mol. The Morgan fingerprint density at radius 3 is 2.54 bits per heavy atom. The highest BCUT2D eigenvalue weighted by molar-refractivity contribution is 7.79. The van der Waals surface area contributed by atoms with Crippen molar-refractivity contribution in [2.45, 2.75) is 5.75 Å². The van der Waals surface area contributed by atoms with Gasteiger partial charge in [0.2, 0.25) is 0 Å². The Labute approximate surface area is 160 Å². The SMILES string of the molecule is SCc1ccc(-c2cnc(-c3cccc4c3oc3ccccc34)s2)cc1. The first-order valence-electron chi connectivity index (χ1n) is 8.40. The Kier molecular flexibility index (Phi) is 3.80. The first kappa shape index (κ1) is 15.7. The van der Waals surface area contributed by atoms with E-state index in [9.17, 15) is 0 Å². The van der Waals surface area contributed by atoms with Crippen LogP contribution in [-0.2, 0) is 5.75 Å². The number of thiazole rings is 1. The van der Waals surface area contributed by atoms with Gasteiger partial charge in [0.15, 0.2) is 0 Å². The van der Waals surface area contributed by atoms with E-state index in [2.05, 4.69) is 66.1 Å². The number of furan rings is 1. The van der Waals surface area contributed by atoms with E-state index in [4.69, 9.17) is 4.42 Å². The minimum Gasteiger partial charge on any atom is -0.455 e. The van der Waals surface area contributed by atoms with Gasteiger partial charge in [-0.1, -0.05) is 54.6 Å². The smallest absolute Gasteiger partial charge is 0.145 e. The van der Waals surface area contributed by atoms with Crippen LogP contribution in [0.4, 0.5) is 0 Å². The lowest BCUT2D eigenvalue weighted by molar-refractivity contribution is 0.670. The fourth-order valence-electron chi connectivity index (χ4n) is 3.22. The Hall–Kier alpha value is -2.56. The standard InChI is InChI=1S/C22H15NOS2/c25-13-14-8-10-15(11-9-14)20-12-23-22(26-20)18-6-3-5-17-16-4-1-2-7-19(16)24-21(17)18/h1-12,25H,13H2. The molecule has 0 N–H and O–H groups in total. The van der Waals surface area contributed by atoms with E-state index < -0.39 is 0 Å². The summed E-state index contributed by atoms with van der Waals surface area (Å²) in [4.78, 5) is 5.82. The van der Waals surface area contributed by atoms with Gasteiger partial charge in [0.25, 0.3) is 0 Å². The van der Waals surface area contributed by atoms with Crippen LogP contribution >= 0.6 is 24.0 Å². The van der Waals surface area contributed by atoms with Crippen LogP contribution in [0.3, 0.4) is 0 Å². The first-order chi connectivity index (χ1) is 12.8. The van der Waals surface area contributed by atoms with Gasteiger partial charge in [-0.15, -0.1) is 11.3 Å². The summed E-state index contributed by atoms with van der Waals surface area (Å²) in [6.45, 7) is 0. The van der Waals surface area contributed by atoms with Crippen LogP contribution in [0.2, 0.25) is 0 Å². The van der Waals surface area contributed by atoms with Gasteiger partial charge in [0.05, 0.1) is 10.4 Å². The molecule has 0 spiro atoms. The Balaban J connectivity index is 1.63. The molecule has 0 saturated heterocycles. The van der Waals surface area contributed by atoms with E-state index in [0.29, 0.717) is 0 Å². The van der Waals surface area contributed by atoms with E-state index in [-0.39, 0.29) is 0 Å². The molecule has 2 nitrogen and oxygen atoms in total. The molecule has 0 radical (unpaired) electrons. The maximum atomic E-state index is 6.14. The molecule has 26 heavy (non-hydrogen) atoms. The summed E-state index contributed by atoms with van der Waals surface area (Å²) >= 11 is 6.01. The summed E-state index contributed by atoms with van der Waals surface area (Å²) < 4.78 is 6.14. The van der Waals surface area contributed by atoms with Gasteiger partial charge in [-0.2, -0.15) is 12.6 Å². The number of hydrogen-bond donors (Lipinski definition) is 1. The number of rotatable bonds is 3. The second kappa shape index (κ2) is 6.31. The summed E-state index contributed by atoms with van der Waals surface area (Å²) in [5.74, 6) is 0.752. The number of para-hydroxylation sites is 2. The van der Waals surface area contributed by atoms with Crippen LogP contribution < -0.4 is 0 Å². The van der Waals surface area contributed by atoms with Crippen LogP contribution in [0, 0.1) is 0 Å². The molecule has 0 saturated carbocycles. The fraction of sp³-hybridized carbons (Fsp3) is 0.0455. The lowest BCUT2D eigenvalue weighted by Gasteiger charge is -1.99. The highest BCUT2D eigenvalue weighted by Gasteiger charge is 2.14. The molecular formula is C22H15NOS2. The first-order valence-corrected chi connectivity index (χ1v) is 9.85. The second-order valence-electron chi connectivity index (χ2n) is 6.17. The van der Waals surface area contributed by atoms with Gasteiger partial charge in [0, 0.05) is 22.7 Å². The van der Waals surface area contributed by atoms with Crippen molar-refractivity contribution in [1.29, 1.82) is 0 Å². The molecular weight excluding hydrogens is 358 g/mol. The van der Waals surface area contributed by atoms with Gasteiger partial charge in [0.1, 0.15) is 16.2 Å². The van der Waals surface area contributed by atoms with Gasteiger partial charge in [-0.3, -0.25) is 0 Å². The highest BCUT2D eigenvalue weighted by Crippen LogP contribution is 2.39. The van der Waals surface area contributed by atoms with Gasteiger partial charge in [-0.25, -0.2) is 4.98 Å². The fourth-order valence-corrected chi connectivity index (χ4v) is 4.38. The quantitative estimate of drug-likeness (QED) is 0.352. The molecule has 0 unspecified atom stereocenters. The largest absolute Gasteiger partial charge is 0.455 e. The van der Waals surface area contributed by atoms with E-state index in [1.807, 2.05) is 24.4 Å². The number of aromatic nitrogens is 1. The Bertz CT molecular complexity index is 1220. The van der Waals surface area contributed by atoms with Crippen LogP contribution in [0.25, 0.3) is 43.0 Å². The molecule has 4 heteroatoms. The number of fused-ring (bicyclic) bond motifs is 3. The molecule has 126 valence electrons. The van der Waals surface area contributed by atoms with Crippen molar-refractivity contribution in [2.75, 3.05) is 0 Å². The van der Waals surface area contributed by atoms with Crippen molar-refractivity contribution in [1.82, 2.24) is 4.98 Å². The van der Waals surface area contributed by atoms with E-state index in [1.165, 1.54) is 11.1 Å². The minimum absolute atomic E-state index is 0.752. The van der Waals surface area contributed by atoms with Crippen molar-refractivity contribution in [3.05, 3.63) is 78.5 Å². The van der Waals surface area contributed by atoms with Crippen molar-refractivity contribution in [2.24, 2.45) is 0 Å². The third-order valence-corrected chi connectivity index (χ3v) is 6.01. The van der Waals surface area contributed by atoms with Crippen molar-refractivity contribution >= 4 is 45.9 Å². The molecule has 2 heterocycles. The van der Waals surface area contributed by atoms with Crippen molar-refractivity contribution in [3.8, 4) is 21.0 Å². The Morgan fingerprint density at radius 1 is 0.885 bits per heavy atom. The molecule has 0 amide bonds. The average molecular weight is 374 g/mol. The lowest BCUT2D eigenvalue weighted by atomic mass is 10.1. The van der Waals surface area contributed by atoms with E-state index in [1.54, 1.807) is 11.3 Å². The molecule has 0 fully saturated rings. The molecule has 0 aliphatic carbocycles. The van der Waals surface area contributed by atoms with E-state index in [0.717, 1.165) is 43.1 Å². The van der Waals surface area contributed by atoms with Gasteiger partial charge < -0.3 is 4.42 Å². The molecule has 5 rings (SSSR count). The summed E-state index contributed by atoms with van der Waals surface area (Å²) in [5, 5.41) is 3.25. The zero-order chi connectivity index (χ0) is 17.5. The summed E-state index contributed by atoms with van der Waals surface area (Å²) in [7, 11) is 0. The number of hydrogen-bond acceptors (Lipinski definition) is 4. The minimum atomic E-state index is 0.752. The molecule has 2 aromatic heterocycles. The van der Waals surface area contributed by atoms with Crippen LogP contribution in [-0.4, -0.2) is 4.98 Å². The van der Waals surface area contributed by atoms with Crippen molar-refractivity contribution in [3.63, 3.8) is 0 Å². The van der Waals surface area contributed by atoms with E-state index >= 15 is 0 Å². The van der Waals surface area contributed by atoms with Gasteiger partial charge in [-0.05, 0) is 23.3 Å². The molecule has 0 aliphatic heterocycles. The topological polar surface area (TPSA) is 26.0 Å². The number of thiol groups is 1. The predicted octanol–water partition coefficient (Wildman–Crippen LogP) is 6.81. The zero-order valence-corrected chi connectivity index (χ0v) is 15.6. The van der Waals surface area contributed by atoms with Crippen LogP contribution in [0.5, 0.6) is 0 Å². The second-order valence-corrected chi connectivity index (χ2v) is 7.51. The van der Waals surface area contributed by atoms with Gasteiger partial charge >= 0.3 is 0 Å². The maximum Gasteiger partial charge on any atom is 0.145 e. The highest BCUT2D eigenvalue weighted by atomic mass is 32.1. The number of benzene rings is 3. The third-order valence-electron chi connectivity index (χ3n) is 4.56. The maximum absolute atomic E-state index is 6.14. The molecule has 3 aromatic carbocycles. The third kappa shape index (κ3) is 2.54. The normalized spacial score (nSPS) is 11.4. The molecule has 0 bridgehead atoms. The molecule has 0 aliphatic rings. The predicted molar refractivity (Wildman–Crippen MR) is 113 cm³/mol. The van der Waals surface area contributed by atoms with Crippen molar-refractivity contribution < 1.29 is 4.42 Å². The zero-order valence-electron chi connectivity index (χ0n) is 13.8. The lowest BCUT2D eigenvalue weighted by Crippen LogP contribution is -1.77. The summed E-state index contributed by atoms with van der Waals surface area (Å²) in [6.07, 6.45) is 1.94. The summed E-state index contributed by atoms with van der Waals surface area (Å²) in [5.41, 5.74) is 5.25. The molecule has 0 atom stereocenters. The number of nitrogens with zero attached hydrogens (tertiary/aromatic N) is 1. The van der Waals surface area contributed by atoms with Crippen LogP contribution in [0.1, 0.15) is 5.56 Å². The molecule has 5 aromatic rings. The average Bonchev–Trinajstić information content (AvgIpc) is 3.33. The van der Waals surface area contributed by atoms with Crippen LogP contribution in [0.15, 0.2) is 77.3 Å². The Morgan fingerprint density at radius 2 is 1.69 bits per heavy atom. The summed E-state index contributed by atoms with van der Waals surface area (Å²) in [6, 6.07) is 22.9.